The van der Waals surface area contributed by atoms with Crippen LogP contribution < -0.4 is 20.3 Å². The number of anilines is 2. The minimum absolute atomic E-state index is 0.0604. The molecule has 2 aromatic rings. The van der Waals surface area contributed by atoms with Gasteiger partial charge in [-0.2, -0.15) is 0 Å². The van der Waals surface area contributed by atoms with Crippen LogP contribution in [0.4, 0.5) is 15.8 Å². The average Bonchev–Trinajstić information content (AvgIpc) is 2.71. The predicted octanol–water partition coefficient (Wildman–Crippen LogP) is 2.61. The summed E-state index contributed by atoms with van der Waals surface area (Å²) in [7, 11) is 0. The summed E-state index contributed by atoms with van der Waals surface area (Å²) in [4.78, 5) is 26.4. The molecule has 0 radical (unpaired) electrons. The Hall–Kier alpha value is -2.93. The van der Waals surface area contributed by atoms with Crippen LogP contribution in [0, 0.1) is 5.82 Å². The molecule has 28 heavy (non-hydrogen) atoms. The molecule has 6 nitrogen and oxygen atoms in total. The van der Waals surface area contributed by atoms with Crippen molar-refractivity contribution >= 4 is 23.2 Å². The van der Waals surface area contributed by atoms with Crippen molar-refractivity contribution in [2.45, 2.75) is 32.4 Å². The van der Waals surface area contributed by atoms with E-state index in [1.54, 1.807) is 30.0 Å². The number of para-hydroxylation sites is 2. The second-order valence-corrected chi connectivity index (χ2v) is 7.01. The van der Waals surface area contributed by atoms with Gasteiger partial charge in [-0.25, -0.2) is 4.39 Å². The second kappa shape index (κ2) is 7.59. The Kier molecular flexibility index (Phi) is 5.00. The monoisotopic (exact) mass is 383 g/mol. The third-order valence-electron chi connectivity index (χ3n) is 5.12. The number of ether oxygens (including phenoxy) is 1. The van der Waals surface area contributed by atoms with Gasteiger partial charge in [0, 0.05) is 19.5 Å². The van der Waals surface area contributed by atoms with Gasteiger partial charge in [0.05, 0.1) is 11.4 Å². The molecule has 1 unspecified atom stereocenters. The Balaban J connectivity index is 1.45. The number of rotatable bonds is 4. The number of hydrogen-bond acceptors (Lipinski definition) is 4. The molecule has 0 bridgehead atoms. The minimum atomic E-state index is -0.607. The fourth-order valence-corrected chi connectivity index (χ4v) is 3.65. The van der Waals surface area contributed by atoms with Crippen LogP contribution in [0.2, 0.25) is 0 Å². The summed E-state index contributed by atoms with van der Waals surface area (Å²) in [6, 6.07) is 10.7. The first-order valence-electron chi connectivity index (χ1n) is 9.42. The second-order valence-electron chi connectivity index (χ2n) is 7.01. The fourth-order valence-electron chi connectivity index (χ4n) is 3.65. The highest BCUT2D eigenvalue weighted by Crippen LogP contribution is 2.33. The van der Waals surface area contributed by atoms with Gasteiger partial charge in [0.2, 0.25) is 5.91 Å². The molecule has 0 spiro atoms. The highest BCUT2D eigenvalue weighted by molar-refractivity contribution is 6.00. The number of nitrogens with one attached hydrogen (secondary N) is 2. The fraction of sp³-hybridized carbons (Fsp3) is 0.333. The summed E-state index contributed by atoms with van der Waals surface area (Å²) in [5.74, 6) is -0.283. The molecule has 7 heteroatoms. The van der Waals surface area contributed by atoms with Gasteiger partial charge in [-0.1, -0.05) is 18.2 Å². The van der Waals surface area contributed by atoms with Crippen molar-refractivity contribution in [2.75, 3.05) is 23.3 Å². The highest BCUT2D eigenvalue weighted by atomic mass is 19.1. The summed E-state index contributed by atoms with van der Waals surface area (Å²) in [6.07, 6.45) is 0.0526. The molecular weight excluding hydrogens is 361 g/mol. The van der Waals surface area contributed by atoms with Gasteiger partial charge in [-0.3, -0.25) is 9.59 Å². The SMILES string of the molecule is CC1Oc2ccccc2N(CCC(=O)Nc2ccc3c(c2F)CCNC3)C1=O. The van der Waals surface area contributed by atoms with Crippen LogP contribution in [0.15, 0.2) is 36.4 Å². The van der Waals surface area contributed by atoms with Crippen molar-refractivity contribution in [1.82, 2.24) is 5.32 Å². The van der Waals surface area contributed by atoms with Crippen molar-refractivity contribution in [3.8, 4) is 5.75 Å². The first-order chi connectivity index (χ1) is 13.5. The third-order valence-corrected chi connectivity index (χ3v) is 5.12. The third kappa shape index (κ3) is 3.45. The first-order valence-corrected chi connectivity index (χ1v) is 9.42. The Bertz CT molecular complexity index is 931. The van der Waals surface area contributed by atoms with Crippen molar-refractivity contribution in [3.05, 3.63) is 53.3 Å². The predicted molar refractivity (Wildman–Crippen MR) is 104 cm³/mol. The van der Waals surface area contributed by atoms with Gasteiger partial charge in [0.15, 0.2) is 6.10 Å². The van der Waals surface area contributed by atoms with E-state index in [4.69, 9.17) is 4.74 Å². The number of halogens is 1. The molecule has 2 N–H and O–H groups in total. The summed E-state index contributed by atoms with van der Waals surface area (Å²) in [6.45, 7) is 3.24. The van der Waals surface area contributed by atoms with Gasteiger partial charge < -0.3 is 20.3 Å². The lowest BCUT2D eigenvalue weighted by atomic mass is 9.99. The molecule has 2 heterocycles. The van der Waals surface area contributed by atoms with E-state index < -0.39 is 6.10 Å². The maximum absolute atomic E-state index is 14.7. The maximum Gasteiger partial charge on any atom is 0.267 e. The average molecular weight is 383 g/mol. The molecule has 1 atom stereocenters. The van der Waals surface area contributed by atoms with E-state index in [1.807, 2.05) is 18.2 Å². The van der Waals surface area contributed by atoms with Crippen LogP contribution in [-0.2, 0) is 22.6 Å². The van der Waals surface area contributed by atoms with E-state index >= 15 is 0 Å². The molecule has 2 amide bonds. The van der Waals surface area contributed by atoms with Crippen molar-refractivity contribution in [3.63, 3.8) is 0 Å². The Morgan fingerprint density at radius 2 is 2.14 bits per heavy atom. The largest absolute Gasteiger partial charge is 0.479 e. The van der Waals surface area contributed by atoms with Crippen molar-refractivity contribution in [2.24, 2.45) is 0 Å². The van der Waals surface area contributed by atoms with E-state index in [2.05, 4.69) is 10.6 Å². The molecule has 0 fully saturated rings. The number of hydrogen-bond donors (Lipinski definition) is 2. The van der Waals surface area contributed by atoms with Crippen LogP contribution in [0.3, 0.4) is 0 Å². The Morgan fingerprint density at radius 3 is 3.00 bits per heavy atom. The lowest BCUT2D eigenvalue weighted by Gasteiger charge is -2.32. The van der Waals surface area contributed by atoms with Gasteiger partial charge >= 0.3 is 0 Å². The van der Waals surface area contributed by atoms with Crippen LogP contribution in [0.25, 0.3) is 0 Å². The van der Waals surface area contributed by atoms with E-state index in [9.17, 15) is 14.0 Å². The number of amides is 2. The van der Waals surface area contributed by atoms with Crippen LogP contribution in [-0.4, -0.2) is 31.0 Å². The number of carbonyl (C=O) groups is 2. The molecule has 2 aliphatic heterocycles. The topological polar surface area (TPSA) is 70.7 Å². The zero-order valence-corrected chi connectivity index (χ0v) is 15.6. The number of carbonyl (C=O) groups excluding carboxylic acids is 2. The van der Waals surface area contributed by atoms with E-state index in [0.717, 1.165) is 12.1 Å². The van der Waals surface area contributed by atoms with Crippen LogP contribution >= 0.6 is 0 Å². The van der Waals surface area contributed by atoms with E-state index in [0.29, 0.717) is 30.0 Å². The van der Waals surface area contributed by atoms with Gasteiger partial charge in [0.1, 0.15) is 11.6 Å². The first kappa shape index (κ1) is 18.4. The smallest absolute Gasteiger partial charge is 0.267 e. The summed E-state index contributed by atoms with van der Waals surface area (Å²) >= 11 is 0. The van der Waals surface area contributed by atoms with Gasteiger partial charge in [0.25, 0.3) is 5.91 Å². The standard InChI is InChI=1S/C21H22FN3O3/c1-13-21(27)25(17-4-2-3-5-18(17)28-13)11-9-19(26)24-16-7-6-14-12-23-10-8-15(14)20(16)22/h2-7,13,23H,8-12H2,1H3,(H,24,26). The zero-order valence-electron chi connectivity index (χ0n) is 15.6. The molecule has 0 aromatic heterocycles. The lowest BCUT2D eigenvalue weighted by molar-refractivity contribution is -0.125. The number of nitrogens with zero attached hydrogens (tertiary/aromatic N) is 1. The Labute approximate surface area is 162 Å². The molecule has 2 aromatic carbocycles. The quantitative estimate of drug-likeness (QED) is 0.852. The lowest BCUT2D eigenvalue weighted by Crippen LogP contribution is -2.45. The zero-order chi connectivity index (χ0) is 19.7. The van der Waals surface area contributed by atoms with Crippen LogP contribution in [0.5, 0.6) is 5.75 Å². The van der Waals surface area contributed by atoms with Gasteiger partial charge in [-0.15, -0.1) is 0 Å². The number of fused-ring (bicyclic) bond motifs is 2. The molecule has 0 saturated heterocycles. The van der Waals surface area contributed by atoms with Crippen molar-refractivity contribution < 1.29 is 18.7 Å². The molecule has 0 aliphatic carbocycles. The number of benzene rings is 2. The summed E-state index contributed by atoms with van der Waals surface area (Å²) in [5.41, 5.74) is 2.41. The van der Waals surface area contributed by atoms with E-state index in [1.165, 1.54) is 0 Å². The molecule has 0 saturated carbocycles. The van der Waals surface area contributed by atoms with Crippen molar-refractivity contribution in [1.29, 1.82) is 0 Å². The molecule has 146 valence electrons. The van der Waals surface area contributed by atoms with E-state index in [-0.39, 0.29) is 36.3 Å². The Morgan fingerprint density at radius 1 is 1.32 bits per heavy atom. The minimum Gasteiger partial charge on any atom is -0.479 e. The summed E-state index contributed by atoms with van der Waals surface area (Å²) < 4.78 is 20.3. The maximum atomic E-state index is 14.7. The summed E-state index contributed by atoms with van der Waals surface area (Å²) in [5, 5.41) is 5.85. The highest BCUT2D eigenvalue weighted by Gasteiger charge is 2.31. The van der Waals surface area contributed by atoms with Gasteiger partial charge in [-0.05, 0) is 49.2 Å². The molecule has 2 aliphatic rings. The normalized spacial score (nSPS) is 18.1. The molecule has 4 rings (SSSR count). The van der Waals surface area contributed by atoms with Crippen LogP contribution in [0.1, 0.15) is 24.5 Å². The molecular formula is C21H22FN3O3.